The van der Waals surface area contributed by atoms with Crippen molar-refractivity contribution in [1.29, 1.82) is 15.8 Å². The van der Waals surface area contributed by atoms with Crippen LogP contribution in [0.1, 0.15) is 16.7 Å². The van der Waals surface area contributed by atoms with Crippen LogP contribution in [-0.2, 0) is 0 Å². The summed E-state index contributed by atoms with van der Waals surface area (Å²) in [6.45, 7) is 0. The molecular formula is C9H3N3S. The van der Waals surface area contributed by atoms with Gasteiger partial charge in [0.15, 0.2) is 0 Å². The lowest BCUT2D eigenvalue weighted by atomic mass is 10.0. The zero-order valence-corrected chi connectivity index (χ0v) is 7.34. The molecule has 13 heavy (non-hydrogen) atoms. The average Bonchev–Trinajstić information content (AvgIpc) is 2.17. The van der Waals surface area contributed by atoms with E-state index in [0.717, 1.165) is 0 Å². The van der Waals surface area contributed by atoms with Gasteiger partial charge < -0.3 is 0 Å². The Hall–Kier alpha value is -1.96. The van der Waals surface area contributed by atoms with E-state index < -0.39 is 0 Å². The van der Waals surface area contributed by atoms with E-state index in [1.807, 2.05) is 18.2 Å². The van der Waals surface area contributed by atoms with Crippen molar-refractivity contribution >= 4 is 12.6 Å². The van der Waals surface area contributed by atoms with Crippen molar-refractivity contribution in [3.63, 3.8) is 0 Å². The van der Waals surface area contributed by atoms with Crippen LogP contribution in [0.15, 0.2) is 17.0 Å². The first-order valence-electron chi connectivity index (χ1n) is 3.31. The molecule has 0 aliphatic heterocycles. The Morgan fingerprint density at radius 3 is 2.00 bits per heavy atom. The minimum Gasteiger partial charge on any atom is -0.192 e. The lowest BCUT2D eigenvalue weighted by Gasteiger charge is -1.99. The molecule has 0 atom stereocenters. The Morgan fingerprint density at radius 2 is 1.54 bits per heavy atom. The number of hydrogen-bond donors (Lipinski definition) is 1. The van der Waals surface area contributed by atoms with Gasteiger partial charge in [0.1, 0.15) is 18.2 Å². The minimum atomic E-state index is 0.0949. The lowest BCUT2D eigenvalue weighted by molar-refractivity contribution is 1.31. The van der Waals surface area contributed by atoms with Crippen molar-refractivity contribution in [3.8, 4) is 18.2 Å². The predicted molar refractivity (Wildman–Crippen MR) is 47.8 cm³/mol. The fourth-order valence-electron chi connectivity index (χ4n) is 0.914. The highest BCUT2D eigenvalue weighted by atomic mass is 32.1. The number of benzene rings is 1. The van der Waals surface area contributed by atoms with E-state index in [2.05, 4.69) is 12.6 Å². The largest absolute Gasteiger partial charge is 0.192 e. The predicted octanol–water partition coefficient (Wildman–Crippen LogP) is 1.59. The smallest absolute Gasteiger partial charge is 0.102 e. The Morgan fingerprint density at radius 1 is 0.923 bits per heavy atom. The fraction of sp³-hybridized carbons (Fsp3) is 0. The Bertz CT molecular complexity index is 471. The van der Waals surface area contributed by atoms with Gasteiger partial charge >= 0.3 is 0 Å². The van der Waals surface area contributed by atoms with Crippen LogP contribution in [0, 0.1) is 34.0 Å². The van der Waals surface area contributed by atoms with Crippen molar-refractivity contribution in [2.45, 2.75) is 4.90 Å². The summed E-state index contributed by atoms with van der Waals surface area (Å²) in [5.41, 5.74) is 0.458. The molecule has 0 spiro atoms. The molecule has 0 bridgehead atoms. The maximum absolute atomic E-state index is 8.70. The van der Waals surface area contributed by atoms with E-state index in [9.17, 15) is 0 Å². The highest BCUT2D eigenvalue weighted by molar-refractivity contribution is 7.80. The van der Waals surface area contributed by atoms with Gasteiger partial charge in [-0.2, -0.15) is 15.8 Å². The lowest BCUT2D eigenvalue weighted by Crippen LogP contribution is -1.90. The Kier molecular flexibility index (Phi) is 2.55. The van der Waals surface area contributed by atoms with Gasteiger partial charge in [-0.15, -0.1) is 12.6 Å². The number of hydrogen-bond acceptors (Lipinski definition) is 4. The zero-order chi connectivity index (χ0) is 9.84. The fourth-order valence-corrected chi connectivity index (χ4v) is 1.15. The average molecular weight is 185 g/mol. The van der Waals surface area contributed by atoms with Gasteiger partial charge in [0, 0.05) is 4.90 Å². The first kappa shape index (κ1) is 9.13. The van der Waals surface area contributed by atoms with Crippen LogP contribution in [0.25, 0.3) is 0 Å². The Labute approximate surface area is 80.9 Å². The second-order valence-electron chi connectivity index (χ2n) is 2.22. The monoisotopic (exact) mass is 185 g/mol. The van der Waals surface area contributed by atoms with Gasteiger partial charge in [-0.25, -0.2) is 0 Å². The summed E-state index contributed by atoms with van der Waals surface area (Å²) in [4.78, 5) is 0.415. The SMILES string of the molecule is N#Cc1ccc(S)c(C#N)c1C#N. The van der Waals surface area contributed by atoms with Gasteiger partial charge in [-0.05, 0) is 12.1 Å². The topological polar surface area (TPSA) is 71.4 Å². The van der Waals surface area contributed by atoms with Crippen molar-refractivity contribution in [1.82, 2.24) is 0 Å². The van der Waals surface area contributed by atoms with E-state index in [-0.39, 0.29) is 16.7 Å². The van der Waals surface area contributed by atoms with Crippen LogP contribution in [-0.4, -0.2) is 0 Å². The molecule has 0 aliphatic carbocycles. The molecule has 0 fully saturated rings. The van der Waals surface area contributed by atoms with Crippen molar-refractivity contribution in [2.24, 2.45) is 0 Å². The second kappa shape index (κ2) is 3.63. The molecule has 0 saturated heterocycles. The molecule has 0 amide bonds. The van der Waals surface area contributed by atoms with Crippen LogP contribution in [0.2, 0.25) is 0 Å². The maximum atomic E-state index is 8.70. The zero-order valence-electron chi connectivity index (χ0n) is 6.44. The maximum Gasteiger partial charge on any atom is 0.102 e. The van der Waals surface area contributed by atoms with Crippen LogP contribution < -0.4 is 0 Å². The molecule has 0 aliphatic rings. The molecule has 3 nitrogen and oxygen atoms in total. The van der Waals surface area contributed by atoms with Gasteiger partial charge in [0.2, 0.25) is 0 Å². The van der Waals surface area contributed by atoms with E-state index in [4.69, 9.17) is 15.8 Å². The number of nitrogens with zero attached hydrogens (tertiary/aromatic N) is 3. The molecule has 0 heterocycles. The molecule has 0 radical (unpaired) electrons. The first-order chi connectivity index (χ1) is 6.24. The standard InChI is InChI=1S/C9H3N3S/c10-3-6-1-2-9(13)8(5-12)7(6)4-11/h1-2,13H. The van der Waals surface area contributed by atoms with E-state index >= 15 is 0 Å². The molecule has 0 unspecified atom stereocenters. The van der Waals surface area contributed by atoms with Gasteiger partial charge in [0.05, 0.1) is 16.7 Å². The van der Waals surface area contributed by atoms with Gasteiger partial charge in [0.25, 0.3) is 0 Å². The Balaban J connectivity index is 3.63. The summed E-state index contributed by atoms with van der Waals surface area (Å²) in [6.07, 6.45) is 0. The quantitative estimate of drug-likeness (QED) is 0.624. The van der Waals surface area contributed by atoms with Gasteiger partial charge in [-0.3, -0.25) is 0 Å². The van der Waals surface area contributed by atoms with Crippen molar-refractivity contribution in [3.05, 3.63) is 28.8 Å². The summed E-state index contributed by atoms with van der Waals surface area (Å²) in [6, 6.07) is 8.50. The van der Waals surface area contributed by atoms with Gasteiger partial charge in [-0.1, -0.05) is 0 Å². The van der Waals surface area contributed by atoms with Crippen molar-refractivity contribution in [2.75, 3.05) is 0 Å². The molecular weight excluding hydrogens is 182 g/mol. The third kappa shape index (κ3) is 1.47. The van der Waals surface area contributed by atoms with Crippen molar-refractivity contribution < 1.29 is 0 Å². The molecule has 1 aromatic carbocycles. The minimum absolute atomic E-state index is 0.0949. The van der Waals surface area contributed by atoms with Crippen LogP contribution in [0.4, 0.5) is 0 Å². The summed E-state index contributed by atoms with van der Waals surface area (Å²) in [7, 11) is 0. The highest BCUT2D eigenvalue weighted by Gasteiger charge is 2.10. The summed E-state index contributed by atoms with van der Waals surface area (Å²) < 4.78 is 0. The number of rotatable bonds is 0. The summed E-state index contributed by atoms with van der Waals surface area (Å²) in [5.74, 6) is 0. The van der Waals surface area contributed by atoms with E-state index in [0.29, 0.717) is 4.90 Å². The number of thiol groups is 1. The van der Waals surface area contributed by atoms with Crippen LogP contribution >= 0.6 is 12.6 Å². The third-order valence-electron chi connectivity index (χ3n) is 1.53. The molecule has 0 N–H and O–H groups in total. The third-order valence-corrected chi connectivity index (χ3v) is 1.90. The molecule has 1 aromatic rings. The summed E-state index contributed by atoms with van der Waals surface area (Å²) >= 11 is 4.00. The second-order valence-corrected chi connectivity index (χ2v) is 2.70. The van der Waals surface area contributed by atoms with Crippen LogP contribution in [0.5, 0.6) is 0 Å². The van der Waals surface area contributed by atoms with E-state index in [1.54, 1.807) is 0 Å². The molecule has 0 saturated carbocycles. The highest BCUT2D eigenvalue weighted by Crippen LogP contribution is 2.20. The van der Waals surface area contributed by atoms with E-state index in [1.165, 1.54) is 12.1 Å². The molecule has 60 valence electrons. The molecule has 4 heteroatoms. The number of nitriles is 3. The summed E-state index contributed by atoms with van der Waals surface area (Å²) in [5, 5.41) is 26.0. The molecule has 0 aromatic heterocycles. The first-order valence-corrected chi connectivity index (χ1v) is 3.75. The normalized spacial score (nSPS) is 8.15. The molecule has 1 rings (SSSR count). The van der Waals surface area contributed by atoms with Crippen LogP contribution in [0.3, 0.4) is 0 Å².